The molecule has 3 rings (SSSR count). The smallest absolute Gasteiger partial charge is 0.267 e. The molecule has 0 aromatic heterocycles. The number of amides is 1. The zero-order chi connectivity index (χ0) is 21.3. The number of anilines is 2. The Bertz CT molecular complexity index is 1100. The Balaban J connectivity index is 1.61. The lowest BCUT2D eigenvalue weighted by Gasteiger charge is -2.08. The van der Waals surface area contributed by atoms with Crippen LogP contribution in [0.5, 0.6) is 11.5 Å². The van der Waals surface area contributed by atoms with Gasteiger partial charge in [-0.1, -0.05) is 18.2 Å². The molecule has 0 saturated carbocycles. The van der Waals surface area contributed by atoms with Crippen molar-refractivity contribution in [3.05, 3.63) is 96.2 Å². The van der Waals surface area contributed by atoms with Crippen LogP contribution in [0.25, 0.3) is 0 Å². The minimum atomic E-state index is -0.551. The Hall–Kier alpha value is -4.37. The number of rotatable bonds is 7. The van der Waals surface area contributed by atoms with Crippen molar-refractivity contribution in [2.24, 2.45) is 0 Å². The second-order valence-electron chi connectivity index (χ2n) is 6.34. The molecule has 0 atom stereocenters. The van der Waals surface area contributed by atoms with Gasteiger partial charge in [-0.2, -0.15) is 5.26 Å². The van der Waals surface area contributed by atoms with Gasteiger partial charge in [0, 0.05) is 23.1 Å². The summed E-state index contributed by atoms with van der Waals surface area (Å²) in [6, 6.07) is 24.9. The molecule has 6 nitrogen and oxygen atoms in total. The van der Waals surface area contributed by atoms with Crippen LogP contribution in [0.15, 0.2) is 90.6 Å². The van der Waals surface area contributed by atoms with Gasteiger partial charge in [-0.15, -0.1) is 0 Å². The van der Waals surface area contributed by atoms with Gasteiger partial charge in [0.15, 0.2) is 5.78 Å². The number of hydrogen-bond acceptors (Lipinski definition) is 5. The fraction of sp³-hybridized carbons (Fsp3) is 0.0417. The van der Waals surface area contributed by atoms with Crippen LogP contribution in [0.4, 0.5) is 11.4 Å². The van der Waals surface area contributed by atoms with E-state index >= 15 is 0 Å². The number of nitrogens with one attached hydrogen (secondary N) is 2. The number of carbonyl (C=O) groups excluding carboxylic acids is 2. The number of nitrogens with zero attached hydrogens (tertiary/aromatic N) is 1. The highest BCUT2D eigenvalue weighted by atomic mass is 16.5. The lowest BCUT2D eigenvalue weighted by Crippen LogP contribution is -2.14. The van der Waals surface area contributed by atoms with Gasteiger partial charge >= 0.3 is 0 Å². The lowest BCUT2D eigenvalue weighted by molar-refractivity contribution is -0.112. The van der Waals surface area contributed by atoms with Crippen molar-refractivity contribution in [3.63, 3.8) is 0 Å². The number of para-hydroxylation sites is 1. The van der Waals surface area contributed by atoms with E-state index in [0.29, 0.717) is 22.7 Å². The molecule has 0 bridgehead atoms. The summed E-state index contributed by atoms with van der Waals surface area (Å²) in [5.41, 5.74) is 1.65. The number of ketones is 1. The normalized spacial score (nSPS) is 10.6. The average Bonchev–Trinajstić information content (AvgIpc) is 2.76. The van der Waals surface area contributed by atoms with Crippen molar-refractivity contribution < 1.29 is 14.3 Å². The molecule has 148 valence electrons. The fourth-order valence-electron chi connectivity index (χ4n) is 2.53. The largest absolute Gasteiger partial charge is 0.457 e. The first-order valence-corrected chi connectivity index (χ1v) is 9.17. The monoisotopic (exact) mass is 397 g/mol. The molecule has 0 unspecified atom stereocenters. The van der Waals surface area contributed by atoms with E-state index < -0.39 is 5.91 Å². The number of hydrogen-bond donors (Lipinski definition) is 2. The molecular weight excluding hydrogens is 378 g/mol. The minimum Gasteiger partial charge on any atom is -0.457 e. The van der Waals surface area contributed by atoms with Crippen LogP contribution in [-0.4, -0.2) is 11.7 Å². The summed E-state index contributed by atoms with van der Waals surface area (Å²) >= 11 is 0. The van der Waals surface area contributed by atoms with Crippen LogP contribution in [0.3, 0.4) is 0 Å². The summed E-state index contributed by atoms with van der Waals surface area (Å²) in [5.74, 6) is 0.792. The second-order valence-corrected chi connectivity index (χ2v) is 6.34. The first-order chi connectivity index (χ1) is 14.5. The molecule has 3 aromatic carbocycles. The molecule has 0 spiro atoms. The SMILES string of the molecule is CC(=O)c1ccc(NC(=O)/C(C#N)=C\Nc2ccc(Oc3ccccc3)cc2)cc1. The van der Waals surface area contributed by atoms with Gasteiger partial charge in [0.1, 0.15) is 23.1 Å². The van der Waals surface area contributed by atoms with E-state index in [4.69, 9.17) is 4.74 Å². The predicted octanol–water partition coefficient (Wildman–Crippen LogP) is 5.14. The van der Waals surface area contributed by atoms with E-state index in [1.807, 2.05) is 36.4 Å². The van der Waals surface area contributed by atoms with Crippen molar-refractivity contribution in [3.8, 4) is 17.6 Å². The minimum absolute atomic E-state index is 0.0603. The van der Waals surface area contributed by atoms with Crippen molar-refractivity contribution in [1.82, 2.24) is 0 Å². The first kappa shape index (κ1) is 20.4. The molecular formula is C24H19N3O3. The highest BCUT2D eigenvalue weighted by molar-refractivity contribution is 6.07. The summed E-state index contributed by atoms with van der Waals surface area (Å²) in [6.45, 7) is 1.47. The highest BCUT2D eigenvalue weighted by Crippen LogP contribution is 2.22. The van der Waals surface area contributed by atoms with Crippen molar-refractivity contribution in [1.29, 1.82) is 5.26 Å². The van der Waals surface area contributed by atoms with Gasteiger partial charge in [-0.3, -0.25) is 9.59 Å². The maximum absolute atomic E-state index is 12.3. The predicted molar refractivity (Wildman–Crippen MR) is 115 cm³/mol. The summed E-state index contributed by atoms with van der Waals surface area (Å²) in [7, 11) is 0. The van der Waals surface area contributed by atoms with Crippen LogP contribution in [0.1, 0.15) is 17.3 Å². The second kappa shape index (κ2) is 9.71. The topological polar surface area (TPSA) is 91.2 Å². The number of nitriles is 1. The molecule has 2 N–H and O–H groups in total. The van der Waals surface area contributed by atoms with Crippen LogP contribution in [0, 0.1) is 11.3 Å². The summed E-state index contributed by atoms with van der Waals surface area (Å²) in [4.78, 5) is 23.6. The number of benzene rings is 3. The molecule has 30 heavy (non-hydrogen) atoms. The van der Waals surface area contributed by atoms with E-state index in [1.54, 1.807) is 48.5 Å². The molecule has 6 heteroatoms. The highest BCUT2D eigenvalue weighted by Gasteiger charge is 2.10. The van der Waals surface area contributed by atoms with Crippen molar-refractivity contribution in [2.75, 3.05) is 10.6 Å². The van der Waals surface area contributed by atoms with E-state index in [-0.39, 0.29) is 11.4 Å². The van der Waals surface area contributed by atoms with Crippen LogP contribution in [-0.2, 0) is 4.79 Å². The van der Waals surface area contributed by atoms with E-state index in [9.17, 15) is 14.9 Å². The summed E-state index contributed by atoms with van der Waals surface area (Å²) < 4.78 is 5.73. The Morgan fingerprint density at radius 3 is 2.07 bits per heavy atom. The first-order valence-electron chi connectivity index (χ1n) is 9.17. The maximum atomic E-state index is 12.3. The molecule has 0 aliphatic heterocycles. The molecule has 0 saturated heterocycles. The standard InChI is InChI=1S/C24H19N3O3/c1-17(28)18-7-9-21(10-8-18)27-24(29)19(15-25)16-26-20-11-13-23(14-12-20)30-22-5-3-2-4-6-22/h2-14,16,26H,1H3,(H,27,29)/b19-16-. The van der Waals surface area contributed by atoms with E-state index in [1.165, 1.54) is 13.1 Å². The number of Topliss-reactive ketones (excluding diaryl/α,β-unsaturated/α-hetero) is 1. The van der Waals surface area contributed by atoms with Crippen LogP contribution in [0.2, 0.25) is 0 Å². The average molecular weight is 397 g/mol. The Morgan fingerprint density at radius 2 is 1.47 bits per heavy atom. The molecule has 0 aliphatic carbocycles. The van der Waals surface area contributed by atoms with Gasteiger partial charge in [0.2, 0.25) is 0 Å². The van der Waals surface area contributed by atoms with Gasteiger partial charge in [0.05, 0.1) is 0 Å². The Labute approximate surface area is 174 Å². The van der Waals surface area contributed by atoms with Crippen molar-refractivity contribution >= 4 is 23.1 Å². The number of ether oxygens (including phenoxy) is 1. The molecule has 0 fully saturated rings. The molecule has 3 aromatic rings. The Kier molecular flexibility index (Phi) is 6.59. The molecule has 0 radical (unpaired) electrons. The van der Waals surface area contributed by atoms with Gasteiger partial charge < -0.3 is 15.4 Å². The van der Waals surface area contributed by atoms with E-state index in [0.717, 1.165) is 5.75 Å². The quantitative estimate of drug-likeness (QED) is 0.327. The summed E-state index contributed by atoms with van der Waals surface area (Å²) in [6.07, 6.45) is 1.34. The van der Waals surface area contributed by atoms with Crippen LogP contribution < -0.4 is 15.4 Å². The third kappa shape index (κ3) is 5.57. The van der Waals surface area contributed by atoms with Gasteiger partial charge in [-0.25, -0.2) is 0 Å². The van der Waals surface area contributed by atoms with Crippen molar-refractivity contribution in [2.45, 2.75) is 6.92 Å². The maximum Gasteiger partial charge on any atom is 0.267 e. The zero-order valence-corrected chi connectivity index (χ0v) is 16.3. The van der Waals surface area contributed by atoms with E-state index in [2.05, 4.69) is 10.6 Å². The molecule has 1 amide bonds. The Morgan fingerprint density at radius 1 is 0.867 bits per heavy atom. The van der Waals surface area contributed by atoms with Crippen LogP contribution >= 0.6 is 0 Å². The lowest BCUT2D eigenvalue weighted by atomic mass is 10.1. The third-order valence-corrected chi connectivity index (χ3v) is 4.13. The summed E-state index contributed by atoms with van der Waals surface area (Å²) in [5, 5.41) is 14.9. The zero-order valence-electron chi connectivity index (χ0n) is 16.3. The fourth-order valence-corrected chi connectivity index (χ4v) is 2.53. The van der Waals surface area contributed by atoms with Gasteiger partial charge in [-0.05, 0) is 67.6 Å². The van der Waals surface area contributed by atoms with Gasteiger partial charge in [0.25, 0.3) is 5.91 Å². The molecule has 0 heterocycles. The number of carbonyl (C=O) groups is 2. The molecule has 0 aliphatic rings. The third-order valence-electron chi connectivity index (χ3n) is 4.13.